The molecule has 0 radical (unpaired) electrons. The fourth-order valence-corrected chi connectivity index (χ4v) is 4.17. The molecule has 2 aromatic carbocycles. The molecule has 33 heavy (non-hydrogen) atoms. The lowest BCUT2D eigenvalue weighted by Gasteiger charge is -2.36. The monoisotopic (exact) mass is 487 g/mol. The molecule has 1 aliphatic rings. The Morgan fingerprint density at radius 2 is 1.79 bits per heavy atom. The van der Waals surface area contributed by atoms with Crippen molar-refractivity contribution in [2.24, 2.45) is 0 Å². The number of carbonyl (C=O) groups excluding carboxylic acids is 1. The van der Waals surface area contributed by atoms with Crippen LogP contribution < -0.4 is 10.2 Å². The molecule has 9 heteroatoms. The molecule has 4 rings (SSSR count). The summed E-state index contributed by atoms with van der Waals surface area (Å²) in [6.07, 6.45) is 1.46. The molecule has 1 saturated heterocycles. The van der Waals surface area contributed by atoms with E-state index in [1.807, 2.05) is 30.3 Å². The third-order valence-electron chi connectivity index (χ3n) is 5.76. The topological polar surface area (TPSA) is 74.5 Å². The molecule has 0 saturated carbocycles. The second-order valence-electron chi connectivity index (χ2n) is 8.00. The molecule has 3 aromatic rings. The number of halogens is 2. The SMILES string of the molecule is CCN1CCN(c2ccc(Cl)cc2NC(=O)CCCc2nc(-c3ccc(Cl)cc3)no2)CC1. The molecule has 1 fully saturated rings. The smallest absolute Gasteiger partial charge is 0.226 e. The summed E-state index contributed by atoms with van der Waals surface area (Å²) in [5, 5.41) is 8.30. The highest BCUT2D eigenvalue weighted by Gasteiger charge is 2.19. The quantitative estimate of drug-likeness (QED) is 0.473. The van der Waals surface area contributed by atoms with Crippen LogP contribution in [0.3, 0.4) is 0 Å². The van der Waals surface area contributed by atoms with Crippen LogP contribution in [0.15, 0.2) is 47.0 Å². The first-order valence-corrected chi connectivity index (χ1v) is 11.9. The second-order valence-corrected chi connectivity index (χ2v) is 8.88. The summed E-state index contributed by atoms with van der Waals surface area (Å²) in [6.45, 7) is 7.09. The van der Waals surface area contributed by atoms with Gasteiger partial charge >= 0.3 is 0 Å². The van der Waals surface area contributed by atoms with Crippen LogP contribution in [0, 0.1) is 0 Å². The lowest BCUT2D eigenvalue weighted by atomic mass is 10.2. The molecule has 2 heterocycles. The number of nitrogens with zero attached hydrogens (tertiary/aromatic N) is 4. The highest BCUT2D eigenvalue weighted by Crippen LogP contribution is 2.30. The third-order valence-corrected chi connectivity index (χ3v) is 6.24. The van der Waals surface area contributed by atoms with Gasteiger partial charge in [-0.1, -0.05) is 35.3 Å². The van der Waals surface area contributed by atoms with Gasteiger partial charge in [-0.3, -0.25) is 4.79 Å². The third kappa shape index (κ3) is 6.25. The Labute approximate surface area is 203 Å². The summed E-state index contributed by atoms with van der Waals surface area (Å²) in [4.78, 5) is 21.8. The standard InChI is InChI=1S/C24H27Cl2N5O2/c1-2-30-12-14-31(15-13-30)21-11-10-19(26)16-20(21)27-22(32)4-3-5-23-28-24(29-33-23)17-6-8-18(25)9-7-17/h6-11,16H,2-5,12-15H2,1H3,(H,27,32). The van der Waals surface area contributed by atoms with E-state index in [1.165, 1.54) is 0 Å². The lowest BCUT2D eigenvalue weighted by molar-refractivity contribution is -0.116. The molecule has 1 N–H and O–H groups in total. The van der Waals surface area contributed by atoms with Gasteiger partial charge in [0.15, 0.2) is 0 Å². The Hall–Kier alpha value is -2.61. The average Bonchev–Trinajstić information content (AvgIpc) is 3.29. The van der Waals surface area contributed by atoms with Gasteiger partial charge in [-0.05, 0) is 55.4 Å². The van der Waals surface area contributed by atoms with E-state index in [-0.39, 0.29) is 5.91 Å². The van der Waals surface area contributed by atoms with Gasteiger partial charge in [0.1, 0.15) is 0 Å². The highest BCUT2D eigenvalue weighted by atomic mass is 35.5. The minimum absolute atomic E-state index is 0.0665. The number of rotatable bonds is 8. The number of hydrogen-bond donors (Lipinski definition) is 1. The molecule has 1 aliphatic heterocycles. The first-order chi connectivity index (χ1) is 16.0. The second kappa shape index (κ2) is 11.0. The predicted molar refractivity (Wildman–Crippen MR) is 132 cm³/mol. The van der Waals surface area contributed by atoms with Crippen molar-refractivity contribution in [3.05, 3.63) is 58.4 Å². The van der Waals surface area contributed by atoms with Gasteiger partial charge < -0.3 is 19.6 Å². The van der Waals surface area contributed by atoms with Gasteiger partial charge in [-0.15, -0.1) is 0 Å². The molecular formula is C24H27Cl2N5O2. The van der Waals surface area contributed by atoms with Gasteiger partial charge in [0.05, 0.1) is 11.4 Å². The van der Waals surface area contributed by atoms with E-state index in [0.29, 0.717) is 41.0 Å². The number of aromatic nitrogens is 2. The number of amides is 1. The first-order valence-electron chi connectivity index (χ1n) is 11.2. The zero-order valence-corrected chi connectivity index (χ0v) is 20.1. The van der Waals surface area contributed by atoms with E-state index in [9.17, 15) is 4.79 Å². The average molecular weight is 488 g/mol. The van der Waals surface area contributed by atoms with Gasteiger partial charge in [-0.2, -0.15) is 4.98 Å². The Morgan fingerprint density at radius 3 is 2.52 bits per heavy atom. The van der Waals surface area contributed by atoms with Gasteiger partial charge in [0.2, 0.25) is 17.6 Å². The van der Waals surface area contributed by atoms with E-state index in [0.717, 1.165) is 49.7 Å². The maximum Gasteiger partial charge on any atom is 0.226 e. The molecule has 0 spiro atoms. The number of likely N-dealkylation sites (N-methyl/N-ethyl adjacent to an activating group) is 1. The van der Waals surface area contributed by atoms with Crippen molar-refractivity contribution in [1.29, 1.82) is 0 Å². The maximum absolute atomic E-state index is 12.6. The zero-order valence-electron chi connectivity index (χ0n) is 18.6. The molecule has 0 unspecified atom stereocenters. The van der Waals surface area contributed by atoms with E-state index >= 15 is 0 Å². The van der Waals surface area contributed by atoms with Crippen LogP contribution in [0.4, 0.5) is 11.4 Å². The first kappa shape index (κ1) is 23.5. The minimum Gasteiger partial charge on any atom is -0.367 e. The molecule has 7 nitrogen and oxygen atoms in total. The summed E-state index contributed by atoms with van der Waals surface area (Å²) >= 11 is 12.1. The number of hydrogen-bond acceptors (Lipinski definition) is 6. The molecule has 0 aliphatic carbocycles. The van der Waals surface area contributed by atoms with Crippen molar-refractivity contribution in [1.82, 2.24) is 15.0 Å². The van der Waals surface area contributed by atoms with Crippen LogP contribution >= 0.6 is 23.2 Å². The maximum atomic E-state index is 12.6. The molecule has 174 valence electrons. The molecule has 0 atom stereocenters. The Bertz CT molecular complexity index is 1080. The summed E-state index contributed by atoms with van der Waals surface area (Å²) in [5.41, 5.74) is 2.59. The number of anilines is 2. The van der Waals surface area contributed by atoms with Crippen LogP contribution in [-0.4, -0.2) is 53.7 Å². The van der Waals surface area contributed by atoms with Gasteiger partial charge in [-0.25, -0.2) is 0 Å². The van der Waals surface area contributed by atoms with Crippen LogP contribution in [0.1, 0.15) is 25.7 Å². The molecule has 1 aromatic heterocycles. The fraction of sp³-hybridized carbons (Fsp3) is 0.375. The van der Waals surface area contributed by atoms with Crippen molar-refractivity contribution in [3.8, 4) is 11.4 Å². The summed E-state index contributed by atoms with van der Waals surface area (Å²) in [7, 11) is 0. The summed E-state index contributed by atoms with van der Waals surface area (Å²) < 4.78 is 5.33. The zero-order chi connectivity index (χ0) is 23.2. The molecular weight excluding hydrogens is 461 g/mol. The normalized spacial score (nSPS) is 14.5. The van der Waals surface area contributed by atoms with Crippen LogP contribution in [0.25, 0.3) is 11.4 Å². The van der Waals surface area contributed by atoms with Crippen molar-refractivity contribution in [2.75, 3.05) is 42.9 Å². The number of benzene rings is 2. The number of aryl methyl sites for hydroxylation is 1. The Balaban J connectivity index is 1.31. The van der Waals surface area contributed by atoms with E-state index in [4.69, 9.17) is 27.7 Å². The van der Waals surface area contributed by atoms with Crippen molar-refractivity contribution >= 4 is 40.5 Å². The largest absolute Gasteiger partial charge is 0.367 e. The van der Waals surface area contributed by atoms with E-state index in [1.54, 1.807) is 12.1 Å². The summed E-state index contributed by atoms with van der Waals surface area (Å²) in [5.74, 6) is 0.950. The summed E-state index contributed by atoms with van der Waals surface area (Å²) in [6, 6.07) is 12.9. The van der Waals surface area contributed by atoms with Crippen molar-refractivity contribution in [3.63, 3.8) is 0 Å². The predicted octanol–water partition coefficient (Wildman–Crippen LogP) is 5.15. The minimum atomic E-state index is -0.0665. The van der Waals surface area contributed by atoms with Crippen molar-refractivity contribution in [2.45, 2.75) is 26.2 Å². The van der Waals surface area contributed by atoms with Crippen LogP contribution in [0.2, 0.25) is 10.0 Å². The number of nitrogens with one attached hydrogen (secondary N) is 1. The van der Waals surface area contributed by atoms with Crippen LogP contribution in [0.5, 0.6) is 0 Å². The van der Waals surface area contributed by atoms with Gasteiger partial charge in [0, 0.05) is 54.6 Å². The highest BCUT2D eigenvalue weighted by molar-refractivity contribution is 6.31. The fourth-order valence-electron chi connectivity index (χ4n) is 3.87. The Kier molecular flexibility index (Phi) is 7.85. The van der Waals surface area contributed by atoms with Crippen LogP contribution in [-0.2, 0) is 11.2 Å². The number of piperazine rings is 1. The van der Waals surface area contributed by atoms with Crippen molar-refractivity contribution < 1.29 is 9.32 Å². The van der Waals surface area contributed by atoms with Gasteiger partial charge in [0.25, 0.3) is 0 Å². The Morgan fingerprint density at radius 1 is 1.06 bits per heavy atom. The molecule has 0 bridgehead atoms. The lowest BCUT2D eigenvalue weighted by Crippen LogP contribution is -2.46. The van der Waals surface area contributed by atoms with E-state index < -0.39 is 0 Å². The number of carbonyl (C=O) groups is 1. The molecule has 1 amide bonds. The van der Waals surface area contributed by atoms with E-state index in [2.05, 4.69) is 32.2 Å².